The van der Waals surface area contributed by atoms with E-state index in [9.17, 15) is 9.18 Å². The summed E-state index contributed by atoms with van der Waals surface area (Å²) in [6.07, 6.45) is 5.01. The molecule has 23 heavy (non-hydrogen) atoms. The summed E-state index contributed by atoms with van der Waals surface area (Å²) in [6, 6.07) is 10.2. The molecule has 0 radical (unpaired) electrons. The second kappa shape index (κ2) is 6.82. The Kier molecular flexibility index (Phi) is 4.60. The molecule has 2 unspecified atom stereocenters. The highest BCUT2D eigenvalue weighted by molar-refractivity contribution is 5.91. The van der Waals surface area contributed by atoms with Gasteiger partial charge in [0.05, 0.1) is 0 Å². The van der Waals surface area contributed by atoms with Crippen LogP contribution in [0.1, 0.15) is 36.3 Å². The molecule has 1 aliphatic carbocycles. The minimum atomic E-state index is -0.251. The Labute approximate surface area is 135 Å². The van der Waals surface area contributed by atoms with Crippen LogP contribution >= 0.6 is 0 Å². The Morgan fingerprint density at radius 2 is 2.04 bits per heavy atom. The molecule has 4 heteroatoms. The van der Waals surface area contributed by atoms with Crippen molar-refractivity contribution in [3.8, 4) is 0 Å². The van der Waals surface area contributed by atoms with Crippen molar-refractivity contribution in [1.82, 2.24) is 5.32 Å². The van der Waals surface area contributed by atoms with E-state index in [-0.39, 0.29) is 11.7 Å². The number of furan rings is 1. The van der Waals surface area contributed by atoms with Gasteiger partial charge in [0.1, 0.15) is 17.3 Å². The van der Waals surface area contributed by atoms with Gasteiger partial charge in [-0.15, -0.1) is 0 Å². The normalized spacial score (nSPS) is 19.9. The van der Waals surface area contributed by atoms with E-state index < -0.39 is 0 Å². The van der Waals surface area contributed by atoms with Crippen molar-refractivity contribution in [3.63, 3.8) is 0 Å². The van der Waals surface area contributed by atoms with Crippen molar-refractivity contribution in [2.75, 3.05) is 6.54 Å². The van der Waals surface area contributed by atoms with E-state index in [2.05, 4.69) is 12.2 Å². The summed E-state index contributed by atoms with van der Waals surface area (Å²) in [6.45, 7) is 2.72. The van der Waals surface area contributed by atoms with Crippen LogP contribution in [0.5, 0.6) is 0 Å². The number of amides is 1. The molecule has 1 N–H and O–H groups in total. The number of carbonyl (C=O) groups is 1. The van der Waals surface area contributed by atoms with Gasteiger partial charge in [0.25, 0.3) is 0 Å². The second-order valence-electron chi connectivity index (χ2n) is 6.06. The first-order chi connectivity index (χ1) is 11.1. The maximum absolute atomic E-state index is 12.8. The van der Waals surface area contributed by atoms with Gasteiger partial charge in [-0.1, -0.05) is 19.1 Å². The van der Waals surface area contributed by atoms with Crippen LogP contribution in [-0.2, 0) is 11.2 Å². The van der Waals surface area contributed by atoms with Gasteiger partial charge in [-0.05, 0) is 54.7 Å². The third-order valence-corrected chi connectivity index (χ3v) is 4.15. The summed E-state index contributed by atoms with van der Waals surface area (Å²) >= 11 is 0. The minimum Gasteiger partial charge on any atom is -0.461 e. The number of nitrogens with one attached hydrogen (secondary N) is 1. The highest BCUT2D eigenvalue weighted by Crippen LogP contribution is 2.47. The molecular weight excluding hydrogens is 293 g/mol. The molecule has 1 aromatic carbocycles. The number of hydrogen-bond donors (Lipinski definition) is 1. The van der Waals surface area contributed by atoms with Gasteiger partial charge in [0.2, 0.25) is 5.91 Å². The molecule has 0 aliphatic heterocycles. The van der Waals surface area contributed by atoms with Crippen LogP contribution in [0.3, 0.4) is 0 Å². The van der Waals surface area contributed by atoms with Crippen molar-refractivity contribution in [1.29, 1.82) is 0 Å². The topological polar surface area (TPSA) is 42.2 Å². The average molecular weight is 313 g/mol. The summed E-state index contributed by atoms with van der Waals surface area (Å²) in [7, 11) is 0. The maximum Gasteiger partial charge on any atom is 0.244 e. The molecule has 1 fully saturated rings. The zero-order chi connectivity index (χ0) is 16.2. The minimum absolute atomic E-state index is 0.162. The van der Waals surface area contributed by atoms with Gasteiger partial charge in [-0.3, -0.25) is 4.79 Å². The highest BCUT2D eigenvalue weighted by atomic mass is 19.1. The van der Waals surface area contributed by atoms with E-state index in [4.69, 9.17) is 4.42 Å². The molecule has 1 heterocycles. The first kappa shape index (κ1) is 15.5. The number of carbonyl (C=O) groups excluding carboxylic acids is 1. The van der Waals surface area contributed by atoms with Crippen molar-refractivity contribution in [3.05, 3.63) is 65.4 Å². The van der Waals surface area contributed by atoms with Gasteiger partial charge in [-0.2, -0.15) is 0 Å². The third-order valence-electron chi connectivity index (χ3n) is 4.15. The van der Waals surface area contributed by atoms with E-state index in [1.807, 2.05) is 12.1 Å². The van der Waals surface area contributed by atoms with E-state index in [1.54, 1.807) is 18.2 Å². The predicted octanol–water partition coefficient (Wildman–Crippen LogP) is 3.91. The van der Waals surface area contributed by atoms with Crippen molar-refractivity contribution >= 4 is 12.0 Å². The molecular formula is C19H20FNO2. The Morgan fingerprint density at radius 3 is 2.74 bits per heavy atom. The number of rotatable bonds is 6. The lowest BCUT2D eigenvalue weighted by Gasteiger charge is -2.02. The molecule has 120 valence electrons. The summed E-state index contributed by atoms with van der Waals surface area (Å²) in [5.41, 5.74) is 0.991. The lowest BCUT2D eigenvalue weighted by Crippen LogP contribution is -2.23. The van der Waals surface area contributed by atoms with Crippen molar-refractivity contribution in [2.45, 2.75) is 25.7 Å². The van der Waals surface area contributed by atoms with E-state index in [1.165, 1.54) is 24.6 Å². The van der Waals surface area contributed by atoms with Gasteiger partial charge in [0, 0.05) is 18.5 Å². The Balaban J connectivity index is 1.43. The molecule has 0 spiro atoms. The lowest BCUT2D eigenvalue weighted by atomic mass is 10.1. The van der Waals surface area contributed by atoms with Gasteiger partial charge in [0.15, 0.2) is 0 Å². The van der Waals surface area contributed by atoms with Crippen LogP contribution in [-0.4, -0.2) is 12.5 Å². The fourth-order valence-electron chi connectivity index (χ4n) is 2.57. The fourth-order valence-corrected chi connectivity index (χ4v) is 2.57. The molecule has 3 rings (SSSR count). The Morgan fingerprint density at radius 1 is 1.30 bits per heavy atom. The number of halogens is 1. The summed E-state index contributed by atoms with van der Waals surface area (Å²) in [5.74, 6) is 2.54. The smallest absolute Gasteiger partial charge is 0.244 e. The predicted molar refractivity (Wildman–Crippen MR) is 87.4 cm³/mol. The van der Waals surface area contributed by atoms with Crippen LogP contribution in [0, 0.1) is 11.7 Å². The quantitative estimate of drug-likeness (QED) is 0.822. The van der Waals surface area contributed by atoms with E-state index in [0.717, 1.165) is 11.3 Å². The first-order valence-corrected chi connectivity index (χ1v) is 7.92. The van der Waals surface area contributed by atoms with Crippen molar-refractivity contribution < 1.29 is 13.6 Å². The summed E-state index contributed by atoms with van der Waals surface area (Å²) in [4.78, 5) is 11.8. The zero-order valence-corrected chi connectivity index (χ0v) is 13.1. The van der Waals surface area contributed by atoms with E-state index >= 15 is 0 Å². The lowest BCUT2D eigenvalue weighted by molar-refractivity contribution is -0.116. The average Bonchev–Trinajstić information content (AvgIpc) is 3.09. The zero-order valence-electron chi connectivity index (χ0n) is 13.1. The standard InChI is InChI=1S/C19H20FNO2/c1-13-12-17(13)18-8-6-16(23-18)7-9-19(22)21-11-10-14-2-4-15(20)5-3-14/h2-9,13,17H,10-12H2,1H3,(H,21,22)/b9-7+. The summed E-state index contributed by atoms with van der Waals surface area (Å²) < 4.78 is 18.5. The highest BCUT2D eigenvalue weighted by Gasteiger charge is 2.36. The Hall–Kier alpha value is -2.36. The molecule has 0 saturated heterocycles. The van der Waals surface area contributed by atoms with Crippen LogP contribution < -0.4 is 5.32 Å². The first-order valence-electron chi connectivity index (χ1n) is 7.92. The van der Waals surface area contributed by atoms with Gasteiger partial charge in [-0.25, -0.2) is 4.39 Å². The number of benzene rings is 1. The maximum atomic E-state index is 12.8. The Bertz CT molecular complexity index is 702. The molecule has 3 nitrogen and oxygen atoms in total. The molecule has 1 aromatic heterocycles. The third kappa shape index (κ3) is 4.31. The SMILES string of the molecule is CC1CC1c1ccc(/C=C/C(=O)NCCc2ccc(F)cc2)o1. The summed E-state index contributed by atoms with van der Waals surface area (Å²) in [5, 5.41) is 2.80. The van der Waals surface area contributed by atoms with Gasteiger partial charge < -0.3 is 9.73 Å². The molecule has 0 bridgehead atoms. The molecule has 2 aromatic rings. The molecule has 1 amide bonds. The number of hydrogen-bond acceptors (Lipinski definition) is 2. The van der Waals surface area contributed by atoms with Crippen LogP contribution in [0.25, 0.3) is 6.08 Å². The van der Waals surface area contributed by atoms with Crippen LogP contribution in [0.4, 0.5) is 4.39 Å². The molecule has 2 atom stereocenters. The monoisotopic (exact) mass is 313 g/mol. The molecule has 1 saturated carbocycles. The second-order valence-corrected chi connectivity index (χ2v) is 6.06. The van der Waals surface area contributed by atoms with Crippen molar-refractivity contribution in [2.24, 2.45) is 5.92 Å². The molecule has 1 aliphatic rings. The van der Waals surface area contributed by atoms with E-state index in [0.29, 0.717) is 30.6 Å². The fraction of sp³-hybridized carbons (Fsp3) is 0.316. The van der Waals surface area contributed by atoms with Crippen LogP contribution in [0.2, 0.25) is 0 Å². The van der Waals surface area contributed by atoms with Gasteiger partial charge >= 0.3 is 0 Å². The largest absolute Gasteiger partial charge is 0.461 e. The van der Waals surface area contributed by atoms with Crippen LogP contribution in [0.15, 0.2) is 46.9 Å².